The van der Waals surface area contributed by atoms with Crippen LogP contribution in [0, 0.1) is 5.92 Å². The number of nitrogens with one attached hydrogen (secondary N) is 1. The second-order valence-electron chi connectivity index (χ2n) is 7.80. The molecule has 0 amide bonds. The molecule has 1 N–H and O–H groups in total. The summed E-state index contributed by atoms with van der Waals surface area (Å²) in [6, 6.07) is 16.4. The van der Waals surface area contributed by atoms with E-state index in [4.69, 9.17) is 4.74 Å². The van der Waals surface area contributed by atoms with E-state index in [1.807, 2.05) is 41.9 Å². The van der Waals surface area contributed by atoms with Crippen molar-refractivity contribution in [1.82, 2.24) is 9.88 Å². The molecule has 0 unspecified atom stereocenters. The Kier molecular flexibility index (Phi) is 6.77. The van der Waals surface area contributed by atoms with Gasteiger partial charge < -0.3 is 4.74 Å². The van der Waals surface area contributed by atoms with Crippen molar-refractivity contribution >= 4 is 22.7 Å². The fourth-order valence-electron chi connectivity index (χ4n) is 3.69. The van der Waals surface area contributed by atoms with Crippen molar-refractivity contribution in [1.29, 1.82) is 0 Å². The molecule has 0 aliphatic carbocycles. The molecular formula is C24H28N4OS. The number of aromatic nitrogens is 1. The number of hydrogen-bond acceptors (Lipinski definition) is 6. The summed E-state index contributed by atoms with van der Waals surface area (Å²) in [7, 11) is 1.74. The van der Waals surface area contributed by atoms with Crippen LogP contribution in [0.5, 0.6) is 5.75 Å². The van der Waals surface area contributed by atoms with Crippen LogP contribution in [0.1, 0.15) is 30.9 Å². The number of anilines is 1. The maximum Gasteiger partial charge on any atom is 0.203 e. The first-order chi connectivity index (χ1) is 14.7. The SMILES string of the molecule is COc1ccc(C=NNc2nc(-c3ccccc3)cs2)cc1CN1CCC(C)CC1. The van der Waals surface area contributed by atoms with E-state index in [9.17, 15) is 0 Å². The first kappa shape index (κ1) is 20.6. The van der Waals surface area contributed by atoms with Gasteiger partial charge in [0.25, 0.3) is 0 Å². The van der Waals surface area contributed by atoms with Gasteiger partial charge in [0.05, 0.1) is 19.0 Å². The molecule has 3 aromatic rings. The summed E-state index contributed by atoms with van der Waals surface area (Å²) in [4.78, 5) is 7.12. The van der Waals surface area contributed by atoms with Gasteiger partial charge in [0.2, 0.25) is 5.13 Å². The van der Waals surface area contributed by atoms with Gasteiger partial charge in [-0.2, -0.15) is 5.10 Å². The third kappa shape index (κ3) is 5.26. The summed E-state index contributed by atoms with van der Waals surface area (Å²) in [5.74, 6) is 1.77. The van der Waals surface area contributed by atoms with E-state index in [0.717, 1.165) is 53.3 Å². The highest BCUT2D eigenvalue weighted by atomic mass is 32.1. The summed E-state index contributed by atoms with van der Waals surface area (Å²) >= 11 is 1.55. The highest BCUT2D eigenvalue weighted by Crippen LogP contribution is 2.26. The minimum Gasteiger partial charge on any atom is -0.496 e. The second-order valence-corrected chi connectivity index (χ2v) is 8.66. The summed E-state index contributed by atoms with van der Waals surface area (Å²) in [6.07, 6.45) is 4.38. The molecule has 30 heavy (non-hydrogen) atoms. The highest BCUT2D eigenvalue weighted by Gasteiger charge is 2.17. The number of methoxy groups -OCH3 is 1. The van der Waals surface area contributed by atoms with Gasteiger partial charge in [-0.05, 0) is 55.6 Å². The Hall–Kier alpha value is -2.70. The molecule has 5 nitrogen and oxygen atoms in total. The maximum absolute atomic E-state index is 5.59. The predicted molar refractivity (Wildman–Crippen MR) is 125 cm³/mol. The number of thiazole rings is 1. The minimum absolute atomic E-state index is 0.779. The zero-order valence-electron chi connectivity index (χ0n) is 17.5. The van der Waals surface area contributed by atoms with Crippen LogP contribution >= 0.6 is 11.3 Å². The van der Waals surface area contributed by atoms with Crippen molar-refractivity contribution in [3.8, 4) is 17.0 Å². The molecule has 0 spiro atoms. The number of hydrogen-bond donors (Lipinski definition) is 1. The van der Waals surface area contributed by atoms with Crippen molar-refractivity contribution in [3.05, 3.63) is 65.0 Å². The zero-order chi connectivity index (χ0) is 20.8. The molecule has 0 saturated carbocycles. The highest BCUT2D eigenvalue weighted by molar-refractivity contribution is 7.14. The topological polar surface area (TPSA) is 49.8 Å². The summed E-state index contributed by atoms with van der Waals surface area (Å²) in [5.41, 5.74) is 7.37. The average molecular weight is 421 g/mol. The molecule has 156 valence electrons. The monoisotopic (exact) mass is 420 g/mol. The van der Waals surface area contributed by atoms with Crippen molar-refractivity contribution in [2.75, 3.05) is 25.6 Å². The van der Waals surface area contributed by atoms with Crippen molar-refractivity contribution in [3.63, 3.8) is 0 Å². The number of likely N-dealkylation sites (tertiary alicyclic amines) is 1. The largest absolute Gasteiger partial charge is 0.496 e. The Morgan fingerprint density at radius 1 is 1.20 bits per heavy atom. The summed E-state index contributed by atoms with van der Waals surface area (Å²) in [6.45, 7) is 5.56. The second kappa shape index (κ2) is 9.87. The van der Waals surface area contributed by atoms with Gasteiger partial charge >= 0.3 is 0 Å². The van der Waals surface area contributed by atoms with E-state index in [0.29, 0.717) is 0 Å². The van der Waals surface area contributed by atoms with E-state index in [2.05, 4.69) is 45.5 Å². The smallest absolute Gasteiger partial charge is 0.203 e. The molecule has 0 bridgehead atoms. The van der Waals surface area contributed by atoms with Gasteiger partial charge in [0, 0.05) is 23.1 Å². The van der Waals surface area contributed by atoms with E-state index < -0.39 is 0 Å². The quantitative estimate of drug-likeness (QED) is 0.405. The molecular weight excluding hydrogens is 392 g/mol. The molecule has 6 heteroatoms. The van der Waals surface area contributed by atoms with Crippen LogP contribution < -0.4 is 10.2 Å². The molecule has 1 aromatic heterocycles. The number of ether oxygens (including phenoxy) is 1. The Labute approximate surface area is 182 Å². The van der Waals surface area contributed by atoms with E-state index in [1.165, 1.54) is 18.4 Å². The maximum atomic E-state index is 5.59. The molecule has 1 aliphatic heterocycles. The minimum atomic E-state index is 0.779. The van der Waals surface area contributed by atoms with Crippen molar-refractivity contribution in [2.45, 2.75) is 26.3 Å². The molecule has 4 rings (SSSR count). The number of rotatable bonds is 7. The Balaban J connectivity index is 1.40. The van der Waals surface area contributed by atoms with Crippen LogP contribution in [0.25, 0.3) is 11.3 Å². The lowest BCUT2D eigenvalue weighted by Gasteiger charge is -2.30. The summed E-state index contributed by atoms with van der Waals surface area (Å²) < 4.78 is 5.59. The Bertz CT molecular complexity index is 978. The molecule has 0 atom stereocenters. The number of piperidine rings is 1. The fraction of sp³-hybridized carbons (Fsp3) is 0.333. The van der Waals surface area contributed by atoms with Crippen molar-refractivity contribution < 1.29 is 4.74 Å². The zero-order valence-corrected chi connectivity index (χ0v) is 18.4. The molecule has 1 fully saturated rings. The molecule has 2 heterocycles. The summed E-state index contributed by atoms with van der Waals surface area (Å²) in [5, 5.41) is 7.21. The number of benzene rings is 2. The average Bonchev–Trinajstić information content (AvgIpc) is 3.25. The van der Waals surface area contributed by atoms with Gasteiger partial charge in [-0.25, -0.2) is 4.98 Å². The van der Waals surface area contributed by atoms with Crippen LogP contribution in [-0.2, 0) is 6.54 Å². The predicted octanol–water partition coefficient (Wildman–Crippen LogP) is 5.50. The van der Waals surface area contributed by atoms with E-state index in [-0.39, 0.29) is 0 Å². The molecule has 1 saturated heterocycles. The molecule has 1 aliphatic rings. The van der Waals surface area contributed by atoms with Crippen LogP contribution in [0.4, 0.5) is 5.13 Å². The van der Waals surface area contributed by atoms with E-state index >= 15 is 0 Å². The van der Waals surface area contributed by atoms with Gasteiger partial charge in [-0.1, -0.05) is 37.3 Å². The number of nitrogens with zero attached hydrogens (tertiary/aromatic N) is 3. The van der Waals surface area contributed by atoms with Crippen LogP contribution in [0.3, 0.4) is 0 Å². The third-order valence-electron chi connectivity index (χ3n) is 5.52. The lowest BCUT2D eigenvalue weighted by Crippen LogP contribution is -2.32. The van der Waals surface area contributed by atoms with Crippen LogP contribution in [-0.4, -0.2) is 36.3 Å². The Morgan fingerprint density at radius 2 is 2.00 bits per heavy atom. The normalized spacial score (nSPS) is 15.5. The Morgan fingerprint density at radius 3 is 2.77 bits per heavy atom. The number of hydrazone groups is 1. The van der Waals surface area contributed by atoms with Gasteiger partial charge in [0.1, 0.15) is 5.75 Å². The van der Waals surface area contributed by atoms with Gasteiger partial charge in [-0.15, -0.1) is 11.3 Å². The van der Waals surface area contributed by atoms with Gasteiger partial charge in [-0.3, -0.25) is 10.3 Å². The molecule has 2 aromatic carbocycles. The van der Waals surface area contributed by atoms with Crippen molar-refractivity contribution in [2.24, 2.45) is 11.0 Å². The lowest BCUT2D eigenvalue weighted by atomic mass is 9.98. The first-order valence-electron chi connectivity index (χ1n) is 10.4. The first-order valence-corrected chi connectivity index (χ1v) is 11.3. The standard InChI is InChI=1S/C24H28N4OS/c1-18-10-12-28(13-11-18)16-21-14-19(8-9-23(21)29-2)15-25-27-24-26-22(17-30-24)20-6-4-3-5-7-20/h3-9,14-15,17-18H,10-13,16H2,1-2H3,(H,26,27). The fourth-order valence-corrected chi connectivity index (χ4v) is 4.36. The third-order valence-corrected chi connectivity index (χ3v) is 6.27. The van der Waals surface area contributed by atoms with Crippen LogP contribution in [0.15, 0.2) is 59.0 Å². The molecule has 0 radical (unpaired) electrons. The lowest BCUT2D eigenvalue weighted by molar-refractivity contribution is 0.183. The van der Waals surface area contributed by atoms with Crippen LogP contribution in [0.2, 0.25) is 0 Å². The van der Waals surface area contributed by atoms with Gasteiger partial charge in [0.15, 0.2) is 0 Å². The van der Waals surface area contributed by atoms with E-state index in [1.54, 1.807) is 18.4 Å².